The van der Waals surface area contributed by atoms with Crippen LogP contribution in [0.25, 0.3) is 0 Å². The van der Waals surface area contributed by atoms with Crippen LogP contribution in [0.4, 0.5) is 0 Å². The van der Waals surface area contributed by atoms with Crippen LogP contribution in [0.15, 0.2) is 72.8 Å². The van der Waals surface area contributed by atoms with Gasteiger partial charge in [-0.05, 0) is 127 Å². The van der Waals surface area contributed by atoms with Gasteiger partial charge >= 0.3 is 5.97 Å². The number of ether oxygens (including phenoxy) is 1. The molecule has 1 saturated heterocycles. The average molecular weight is 620 g/mol. The highest BCUT2D eigenvalue weighted by atomic mass is 16.5. The molecule has 0 spiro atoms. The van der Waals surface area contributed by atoms with Crippen molar-refractivity contribution in [3.05, 3.63) is 106 Å². The Morgan fingerprint density at radius 3 is 2.35 bits per heavy atom. The number of hydrogen-bond donors (Lipinski definition) is 1. The standard InChI is InChI=1S/C41H49NO4/c1-25-21-37(46-40(45)29-13-9-6-10-14-29)38(42(24-25)39(44)28-11-7-5-8-12-28)27(3)32-17-18-33-34-16-15-30-22-31(43)19-20-41(30,4)36(34)23-35(33)26(32)2/h5-14,17-18,25,27,30-31,34,36-38,43H,15-16,19-24H2,1-4H3/t25-,27-,30-,31-,34-,36-,37+,38-,41-/m0/s1. The highest BCUT2D eigenvalue weighted by molar-refractivity contribution is 5.95. The van der Waals surface area contributed by atoms with Crippen LogP contribution in [0, 0.1) is 30.1 Å². The fourth-order valence-electron chi connectivity index (χ4n) is 10.2. The molecule has 3 aliphatic carbocycles. The third-order valence-electron chi connectivity index (χ3n) is 12.6. The minimum Gasteiger partial charge on any atom is -0.457 e. The molecule has 3 aromatic carbocycles. The maximum Gasteiger partial charge on any atom is 0.338 e. The van der Waals surface area contributed by atoms with Crippen LogP contribution in [0.3, 0.4) is 0 Å². The monoisotopic (exact) mass is 619 g/mol. The number of hydrogen-bond acceptors (Lipinski definition) is 4. The quantitative estimate of drug-likeness (QED) is 0.293. The lowest BCUT2D eigenvalue weighted by Crippen LogP contribution is -2.57. The summed E-state index contributed by atoms with van der Waals surface area (Å²) in [6.45, 7) is 9.79. The summed E-state index contributed by atoms with van der Waals surface area (Å²) >= 11 is 0. The average Bonchev–Trinajstić information content (AvgIpc) is 3.46. The summed E-state index contributed by atoms with van der Waals surface area (Å²) in [5.74, 6) is 1.62. The first-order valence-corrected chi connectivity index (χ1v) is 17.6. The summed E-state index contributed by atoms with van der Waals surface area (Å²) in [4.78, 5) is 29.7. The molecule has 1 N–H and O–H groups in total. The maximum atomic E-state index is 14.2. The maximum absolute atomic E-state index is 14.2. The fourth-order valence-corrected chi connectivity index (χ4v) is 10.2. The van der Waals surface area contributed by atoms with E-state index < -0.39 is 6.10 Å². The lowest BCUT2D eigenvalue weighted by Gasteiger charge is -2.53. The van der Waals surface area contributed by atoms with E-state index in [2.05, 4.69) is 39.8 Å². The molecule has 3 fully saturated rings. The van der Waals surface area contributed by atoms with Gasteiger partial charge in [0.2, 0.25) is 0 Å². The number of likely N-dealkylation sites (tertiary alicyclic amines) is 1. The Labute approximate surface area is 274 Å². The Morgan fingerprint density at radius 2 is 1.63 bits per heavy atom. The fraction of sp³-hybridized carbons (Fsp3) is 0.512. The molecular weight excluding hydrogens is 570 g/mol. The molecule has 0 aromatic heterocycles. The van der Waals surface area contributed by atoms with Crippen molar-refractivity contribution in [2.24, 2.45) is 23.2 Å². The van der Waals surface area contributed by atoms with Gasteiger partial charge in [-0.2, -0.15) is 0 Å². The van der Waals surface area contributed by atoms with Gasteiger partial charge in [-0.15, -0.1) is 0 Å². The summed E-state index contributed by atoms with van der Waals surface area (Å²) in [5.41, 5.74) is 7.08. The number of rotatable bonds is 5. The largest absolute Gasteiger partial charge is 0.457 e. The van der Waals surface area contributed by atoms with Crippen molar-refractivity contribution < 1.29 is 19.4 Å². The van der Waals surface area contributed by atoms with Crippen molar-refractivity contribution >= 4 is 11.9 Å². The minimum atomic E-state index is -0.428. The second kappa shape index (κ2) is 12.3. The molecule has 4 aliphatic rings. The van der Waals surface area contributed by atoms with Crippen molar-refractivity contribution in [2.75, 3.05) is 6.54 Å². The van der Waals surface area contributed by atoms with Crippen molar-refractivity contribution in [1.82, 2.24) is 4.90 Å². The Bertz CT molecular complexity index is 1590. The van der Waals surface area contributed by atoms with E-state index in [0.717, 1.165) is 25.7 Å². The van der Waals surface area contributed by atoms with E-state index in [1.54, 1.807) is 12.1 Å². The number of esters is 1. The molecule has 5 heteroatoms. The van der Waals surface area contributed by atoms with Crippen LogP contribution < -0.4 is 0 Å². The van der Waals surface area contributed by atoms with Crippen LogP contribution in [0.1, 0.15) is 114 Å². The van der Waals surface area contributed by atoms with Crippen molar-refractivity contribution in [1.29, 1.82) is 0 Å². The third-order valence-corrected chi connectivity index (χ3v) is 12.6. The molecule has 46 heavy (non-hydrogen) atoms. The highest BCUT2D eigenvalue weighted by Crippen LogP contribution is 2.62. The number of fused-ring (bicyclic) bond motifs is 5. The van der Waals surface area contributed by atoms with E-state index in [-0.39, 0.29) is 41.3 Å². The molecule has 1 heterocycles. The lowest BCUT2D eigenvalue weighted by molar-refractivity contribution is -0.0508. The first kappa shape index (κ1) is 31.2. The molecule has 9 atom stereocenters. The topological polar surface area (TPSA) is 66.8 Å². The molecule has 0 radical (unpaired) electrons. The Hall–Kier alpha value is -3.44. The number of carbonyl (C=O) groups is 2. The summed E-state index contributed by atoms with van der Waals surface area (Å²) in [7, 11) is 0. The van der Waals surface area contributed by atoms with Gasteiger partial charge < -0.3 is 14.7 Å². The van der Waals surface area contributed by atoms with Gasteiger partial charge in [0.15, 0.2) is 0 Å². The zero-order chi connectivity index (χ0) is 32.2. The highest BCUT2D eigenvalue weighted by Gasteiger charge is 2.53. The van der Waals surface area contributed by atoms with Crippen LogP contribution in [-0.2, 0) is 11.2 Å². The number of aliphatic hydroxyl groups excluding tert-OH is 1. The molecule has 242 valence electrons. The Kier molecular flexibility index (Phi) is 8.33. The van der Waals surface area contributed by atoms with Gasteiger partial charge in [0.25, 0.3) is 5.91 Å². The third kappa shape index (κ3) is 5.39. The predicted octanol–water partition coefficient (Wildman–Crippen LogP) is 8.09. The van der Waals surface area contributed by atoms with E-state index in [1.807, 2.05) is 53.4 Å². The zero-order valence-corrected chi connectivity index (χ0v) is 27.8. The molecule has 1 aliphatic heterocycles. The smallest absolute Gasteiger partial charge is 0.338 e. The molecule has 3 aromatic rings. The van der Waals surface area contributed by atoms with Gasteiger partial charge in [0.05, 0.1) is 17.7 Å². The van der Waals surface area contributed by atoms with E-state index in [4.69, 9.17) is 4.74 Å². The van der Waals surface area contributed by atoms with Crippen molar-refractivity contribution in [3.8, 4) is 0 Å². The van der Waals surface area contributed by atoms with Crippen LogP contribution in [0.2, 0.25) is 0 Å². The molecule has 0 bridgehead atoms. The predicted molar refractivity (Wildman–Crippen MR) is 181 cm³/mol. The lowest BCUT2D eigenvalue weighted by atomic mass is 9.52. The summed E-state index contributed by atoms with van der Waals surface area (Å²) in [6, 6.07) is 23.1. The normalized spacial score (nSPS) is 32.5. The van der Waals surface area contributed by atoms with E-state index in [1.165, 1.54) is 35.1 Å². The van der Waals surface area contributed by atoms with E-state index >= 15 is 0 Å². The molecule has 7 rings (SSSR count). The van der Waals surface area contributed by atoms with E-state index in [0.29, 0.717) is 41.8 Å². The first-order chi connectivity index (χ1) is 22.2. The van der Waals surface area contributed by atoms with Gasteiger partial charge in [-0.25, -0.2) is 4.79 Å². The van der Waals surface area contributed by atoms with Crippen molar-refractivity contribution in [3.63, 3.8) is 0 Å². The van der Waals surface area contributed by atoms with Crippen LogP contribution >= 0.6 is 0 Å². The SMILES string of the molecule is Cc1c([C@H](C)[C@H]2[C@H](OC(=O)c3ccccc3)C[C@H](C)CN2C(=O)c2ccccc2)ccc2c1C[C@H]1[C@H]2CC[C@H]2C[C@@H](O)CC[C@@]21C. The molecule has 2 saturated carbocycles. The Morgan fingerprint density at radius 1 is 0.935 bits per heavy atom. The van der Waals surface area contributed by atoms with E-state index in [9.17, 15) is 14.7 Å². The molecule has 1 amide bonds. The van der Waals surface area contributed by atoms with Gasteiger partial charge in [0.1, 0.15) is 6.10 Å². The van der Waals surface area contributed by atoms with Crippen LogP contribution in [-0.4, -0.2) is 46.7 Å². The molecule has 5 nitrogen and oxygen atoms in total. The van der Waals surface area contributed by atoms with Gasteiger partial charge in [-0.3, -0.25) is 4.79 Å². The van der Waals surface area contributed by atoms with Crippen LogP contribution in [0.5, 0.6) is 0 Å². The zero-order valence-electron chi connectivity index (χ0n) is 27.8. The summed E-state index contributed by atoms with van der Waals surface area (Å²) in [5, 5.41) is 10.5. The minimum absolute atomic E-state index is 0.00644. The second-order valence-electron chi connectivity index (χ2n) is 15.2. The Balaban J connectivity index is 1.24. The number of piperidine rings is 1. The molecular formula is C41H49NO4. The number of nitrogens with zero attached hydrogens (tertiary/aromatic N) is 1. The summed E-state index contributed by atoms with van der Waals surface area (Å²) < 4.78 is 6.36. The summed E-state index contributed by atoms with van der Waals surface area (Å²) in [6.07, 6.45) is 6.63. The second-order valence-corrected chi connectivity index (χ2v) is 15.2. The first-order valence-electron chi connectivity index (χ1n) is 17.6. The van der Waals surface area contributed by atoms with Gasteiger partial charge in [-0.1, -0.05) is 69.3 Å². The number of amides is 1. The number of carbonyl (C=O) groups excluding carboxylic acids is 2. The molecule has 0 unspecified atom stereocenters. The van der Waals surface area contributed by atoms with Crippen molar-refractivity contribution in [2.45, 2.75) is 103 Å². The number of aliphatic hydroxyl groups is 1. The van der Waals surface area contributed by atoms with Gasteiger partial charge in [0, 0.05) is 18.0 Å². The number of benzene rings is 3.